The number of halogens is 2. The highest BCUT2D eigenvalue weighted by Crippen LogP contribution is 2.38. The summed E-state index contributed by atoms with van der Waals surface area (Å²) >= 11 is 6.65. The van der Waals surface area contributed by atoms with E-state index in [-0.39, 0.29) is 34.2 Å². The van der Waals surface area contributed by atoms with E-state index in [1.807, 2.05) is 27.7 Å². The molecule has 2 aliphatic rings. The molecule has 2 aromatic heterocycles. The quantitative estimate of drug-likeness (QED) is 0.421. The number of nitrogens with zero attached hydrogens (tertiary/aromatic N) is 6. The van der Waals surface area contributed by atoms with Crippen LogP contribution in [0, 0.1) is 5.82 Å². The number of hydrogen-bond acceptors (Lipinski definition) is 9. The highest BCUT2D eigenvalue weighted by Gasteiger charge is 2.32. The van der Waals surface area contributed by atoms with Gasteiger partial charge in [-0.05, 0) is 72.3 Å². The zero-order valence-corrected chi connectivity index (χ0v) is 24.9. The van der Waals surface area contributed by atoms with E-state index < -0.39 is 11.4 Å². The van der Waals surface area contributed by atoms with Crippen molar-refractivity contribution in [3.63, 3.8) is 0 Å². The molecule has 12 heteroatoms. The molecule has 0 bridgehead atoms. The van der Waals surface area contributed by atoms with Gasteiger partial charge in [0.2, 0.25) is 5.95 Å². The molecule has 2 saturated heterocycles. The van der Waals surface area contributed by atoms with Crippen LogP contribution in [0.4, 0.5) is 21.0 Å². The zero-order chi connectivity index (χ0) is 29.5. The standard InChI is InChI=1S/C29H37ClFN7O3/c1-17-16-37(28(40)41-29(2,3)4)12-13-38(17)26-19-14-20(30)24(23-21(31)9-6-10-22(23)39)33-25(19)34-27(35-26)32-15-18-8-7-11-36(18)5/h6,9-10,14,17-18,39H,7-8,11-13,15-16H2,1-5H3,(H,32,33,34,35)/t17-,18-/m0/s1. The van der Waals surface area contributed by atoms with Crippen LogP contribution in [-0.2, 0) is 4.74 Å². The summed E-state index contributed by atoms with van der Waals surface area (Å²) in [6.45, 7) is 10.7. The van der Waals surface area contributed by atoms with Crippen LogP contribution in [0.5, 0.6) is 5.75 Å². The Hall–Kier alpha value is -3.44. The number of likely N-dealkylation sites (N-methyl/N-ethyl adjacent to an activating group) is 1. The number of phenols is 1. The van der Waals surface area contributed by atoms with Gasteiger partial charge in [-0.3, -0.25) is 0 Å². The Labute approximate surface area is 244 Å². The number of carbonyl (C=O) groups is 1. The lowest BCUT2D eigenvalue weighted by molar-refractivity contribution is 0.0218. The Kier molecular flexibility index (Phi) is 8.11. The van der Waals surface area contributed by atoms with Crippen molar-refractivity contribution in [3.05, 3.63) is 35.1 Å². The Balaban J connectivity index is 1.53. The predicted octanol–water partition coefficient (Wildman–Crippen LogP) is 5.14. The first kappa shape index (κ1) is 29.1. The average molecular weight is 586 g/mol. The number of piperazine rings is 1. The maximum atomic E-state index is 14.8. The number of benzene rings is 1. The first-order valence-electron chi connectivity index (χ1n) is 14.0. The zero-order valence-electron chi connectivity index (χ0n) is 24.1. The number of carbonyl (C=O) groups excluding carboxylic acids is 1. The van der Waals surface area contributed by atoms with Crippen molar-refractivity contribution in [3.8, 4) is 17.0 Å². The predicted molar refractivity (Wildman–Crippen MR) is 158 cm³/mol. The van der Waals surface area contributed by atoms with Crippen LogP contribution in [0.25, 0.3) is 22.3 Å². The van der Waals surface area contributed by atoms with Gasteiger partial charge in [0.25, 0.3) is 0 Å². The van der Waals surface area contributed by atoms with Crippen LogP contribution in [0.3, 0.4) is 0 Å². The molecule has 220 valence electrons. The minimum atomic E-state index is -0.637. The molecule has 4 heterocycles. The summed E-state index contributed by atoms with van der Waals surface area (Å²) in [6.07, 6.45) is 1.87. The third-order valence-corrected chi connectivity index (χ3v) is 7.86. The fourth-order valence-electron chi connectivity index (χ4n) is 5.45. The van der Waals surface area contributed by atoms with Crippen molar-refractivity contribution in [2.75, 3.05) is 50.0 Å². The van der Waals surface area contributed by atoms with E-state index in [1.54, 1.807) is 11.0 Å². The van der Waals surface area contributed by atoms with Gasteiger partial charge >= 0.3 is 6.09 Å². The molecule has 3 aromatic rings. The van der Waals surface area contributed by atoms with Crippen molar-refractivity contribution >= 4 is 40.5 Å². The number of phenolic OH excluding ortho intramolecular Hbond substituents is 1. The number of likely N-dealkylation sites (tertiary alicyclic amines) is 1. The number of aromatic nitrogens is 3. The number of nitrogens with one attached hydrogen (secondary N) is 1. The van der Waals surface area contributed by atoms with E-state index in [0.717, 1.165) is 19.4 Å². The Bertz CT molecular complexity index is 1430. The summed E-state index contributed by atoms with van der Waals surface area (Å²) in [4.78, 5) is 33.1. The van der Waals surface area contributed by atoms with Crippen LogP contribution in [0.2, 0.25) is 5.02 Å². The van der Waals surface area contributed by atoms with E-state index in [2.05, 4.69) is 32.1 Å². The van der Waals surface area contributed by atoms with Gasteiger partial charge in [0.15, 0.2) is 5.65 Å². The van der Waals surface area contributed by atoms with Crippen LogP contribution in [-0.4, -0.2) is 93.4 Å². The molecule has 0 unspecified atom stereocenters. The average Bonchev–Trinajstić information content (AvgIpc) is 3.31. The van der Waals surface area contributed by atoms with E-state index >= 15 is 0 Å². The van der Waals surface area contributed by atoms with Crippen LogP contribution in [0.15, 0.2) is 24.3 Å². The fourth-order valence-corrected chi connectivity index (χ4v) is 5.69. The van der Waals surface area contributed by atoms with Gasteiger partial charge in [0.1, 0.15) is 23.0 Å². The Morgan fingerprint density at radius 1 is 1.22 bits per heavy atom. The molecule has 0 radical (unpaired) electrons. The summed E-state index contributed by atoms with van der Waals surface area (Å²) in [6, 6.07) is 5.99. The van der Waals surface area contributed by atoms with Gasteiger partial charge in [-0.1, -0.05) is 17.7 Å². The second kappa shape index (κ2) is 11.4. The van der Waals surface area contributed by atoms with Gasteiger partial charge in [-0.2, -0.15) is 9.97 Å². The Morgan fingerprint density at radius 2 is 2.00 bits per heavy atom. The SMILES string of the molecule is C[C@H]1CN(C(=O)OC(C)(C)C)CCN1c1nc(NC[C@@H]2CCCN2C)nc2nc(-c3c(O)cccc3F)c(Cl)cc12. The van der Waals surface area contributed by atoms with E-state index in [4.69, 9.17) is 21.3 Å². The summed E-state index contributed by atoms with van der Waals surface area (Å²) in [7, 11) is 2.11. The molecule has 41 heavy (non-hydrogen) atoms. The molecule has 0 aliphatic carbocycles. The molecule has 1 amide bonds. The molecule has 0 saturated carbocycles. The molecular weight excluding hydrogens is 549 g/mol. The number of pyridine rings is 1. The van der Waals surface area contributed by atoms with Crippen LogP contribution in [0.1, 0.15) is 40.5 Å². The minimum absolute atomic E-state index is 0.0824. The van der Waals surface area contributed by atoms with Crippen molar-refractivity contribution in [1.29, 1.82) is 0 Å². The summed E-state index contributed by atoms with van der Waals surface area (Å²) in [5.41, 5.74) is -0.244. The highest BCUT2D eigenvalue weighted by molar-refractivity contribution is 6.34. The third kappa shape index (κ3) is 6.25. The fraction of sp³-hybridized carbons (Fsp3) is 0.517. The number of anilines is 2. The summed E-state index contributed by atoms with van der Waals surface area (Å²) in [5.74, 6) is 0.116. The Morgan fingerprint density at radius 3 is 2.66 bits per heavy atom. The number of fused-ring (bicyclic) bond motifs is 1. The van der Waals surface area contributed by atoms with Crippen molar-refractivity contribution in [1.82, 2.24) is 24.8 Å². The van der Waals surface area contributed by atoms with Crippen molar-refractivity contribution in [2.45, 2.75) is 58.2 Å². The highest BCUT2D eigenvalue weighted by atomic mass is 35.5. The first-order chi connectivity index (χ1) is 19.4. The normalized spacial score (nSPS) is 20.1. The van der Waals surface area contributed by atoms with Crippen LogP contribution >= 0.6 is 11.6 Å². The second-order valence-corrected chi connectivity index (χ2v) is 12.2. The third-order valence-electron chi connectivity index (χ3n) is 7.57. The smallest absolute Gasteiger partial charge is 0.410 e. The lowest BCUT2D eigenvalue weighted by Gasteiger charge is -2.41. The number of ether oxygens (including phenoxy) is 1. The molecule has 0 spiro atoms. The summed E-state index contributed by atoms with van der Waals surface area (Å²) in [5, 5.41) is 14.6. The summed E-state index contributed by atoms with van der Waals surface area (Å²) < 4.78 is 20.4. The van der Waals surface area contributed by atoms with Gasteiger partial charge in [-0.25, -0.2) is 14.2 Å². The van der Waals surface area contributed by atoms with E-state index in [1.165, 1.54) is 18.2 Å². The molecule has 2 aliphatic heterocycles. The maximum Gasteiger partial charge on any atom is 0.410 e. The number of aromatic hydroxyl groups is 1. The minimum Gasteiger partial charge on any atom is -0.507 e. The molecule has 10 nitrogen and oxygen atoms in total. The lowest BCUT2D eigenvalue weighted by atomic mass is 10.1. The molecule has 2 atom stereocenters. The molecule has 1 aromatic carbocycles. The van der Waals surface area contributed by atoms with E-state index in [0.29, 0.717) is 55.0 Å². The second-order valence-electron chi connectivity index (χ2n) is 11.8. The first-order valence-corrected chi connectivity index (χ1v) is 14.3. The maximum absolute atomic E-state index is 14.8. The topological polar surface area (TPSA) is 107 Å². The molecule has 2 N–H and O–H groups in total. The molecule has 5 rings (SSSR count). The van der Waals surface area contributed by atoms with Gasteiger partial charge in [0.05, 0.1) is 21.7 Å². The van der Waals surface area contributed by atoms with Crippen molar-refractivity contribution < 1.29 is 19.0 Å². The van der Waals surface area contributed by atoms with Gasteiger partial charge in [-0.15, -0.1) is 0 Å². The van der Waals surface area contributed by atoms with Crippen molar-refractivity contribution in [2.24, 2.45) is 0 Å². The van der Waals surface area contributed by atoms with E-state index in [9.17, 15) is 14.3 Å². The molecule has 2 fully saturated rings. The monoisotopic (exact) mass is 585 g/mol. The molecular formula is C29H37ClFN7O3. The largest absolute Gasteiger partial charge is 0.507 e. The lowest BCUT2D eigenvalue weighted by Crippen LogP contribution is -2.55. The van der Waals surface area contributed by atoms with Gasteiger partial charge < -0.3 is 29.9 Å². The van der Waals surface area contributed by atoms with Crippen LogP contribution < -0.4 is 10.2 Å². The number of hydrogen-bond donors (Lipinski definition) is 2. The van der Waals surface area contributed by atoms with Gasteiger partial charge in [0, 0.05) is 38.3 Å². The number of rotatable bonds is 5. The number of amides is 1.